The summed E-state index contributed by atoms with van der Waals surface area (Å²) in [5.41, 5.74) is 2.31. The van der Waals surface area contributed by atoms with Crippen LogP contribution >= 0.6 is 10.6 Å². The normalized spacial score (nSPS) is 23.6. The largest absolute Gasteiger partial charge is 0.441 e. The molecule has 0 N–H and O–H groups in total. The highest BCUT2D eigenvalue weighted by Gasteiger charge is 2.48. The van der Waals surface area contributed by atoms with Crippen LogP contribution in [0.5, 0.6) is 0 Å². The van der Waals surface area contributed by atoms with Gasteiger partial charge in [0.15, 0.2) is 0 Å². The van der Waals surface area contributed by atoms with Crippen molar-refractivity contribution in [1.29, 1.82) is 5.26 Å². The van der Waals surface area contributed by atoms with Gasteiger partial charge in [0.05, 0.1) is 21.9 Å². The molecule has 3 aliphatic heterocycles. The summed E-state index contributed by atoms with van der Waals surface area (Å²) in [5, 5.41) is 11.4. The maximum absolute atomic E-state index is 11.7. The number of nitriles is 1. The molecule has 130 valence electrons. The van der Waals surface area contributed by atoms with Crippen LogP contribution in [-0.2, 0) is 18.0 Å². The Hall–Kier alpha value is -2.30. The summed E-state index contributed by atoms with van der Waals surface area (Å²) in [6.45, 7) is 5.15. The number of benzene rings is 1. The van der Waals surface area contributed by atoms with E-state index in [2.05, 4.69) is 17.9 Å². The van der Waals surface area contributed by atoms with Crippen LogP contribution < -0.4 is 0 Å². The van der Waals surface area contributed by atoms with E-state index < -0.39 is 22.5 Å². The van der Waals surface area contributed by atoms with Gasteiger partial charge in [0.2, 0.25) is 0 Å². The Labute approximate surface area is 147 Å². The first-order valence-electron chi connectivity index (χ1n) is 8.36. The van der Waals surface area contributed by atoms with Gasteiger partial charge in [-0.25, -0.2) is 9.59 Å². The lowest BCUT2D eigenvalue weighted by Gasteiger charge is -2.32. The van der Waals surface area contributed by atoms with Crippen LogP contribution in [0.3, 0.4) is 0 Å². The first kappa shape index (κ1) is 16.2. The van der Waals surface area contributed by atoms with Gasteiger partial charge in [0.1, 0.15) is 0 Å². The fourth-order valence-corrected chi connectivity index (χ4v) is 6.20. The molecule has 0 aliphatic carbocycles. The van der Waals surface area contributed by atoms with Gasteiger partial charge in [-0.1, -0.05) is 23.6 Å². The van der Waals surface area contributed by atoms with Crippen LogP contribution in [0.1, 0.15) is 30.9 Å². The van der Waals surface area contributed by atoms with Crippen molar-refractivity contribution in [3.8, 4) is 6.07 Å². The van der Waals surface area contributed by atoms with Gasteiger partial charge in [-0.15, -0.1) is 0 Å². The second-order valence-electron chi connectivity index (χ2n) is 6.36. The summed E-state index contributed by atoms with van der Waals surface area (Å²) < 4.78 is 10.8. The predicted molar refractivity (Wildman–Crippen MR) is 92.0 cm³/mol. The van der Waals surface area contributed by atoms with E-state index in [1.54, 1.807) is 18.2 Å². The van der Waals surface area contributed by atoms with Gasteiger partial charge in [-0.05, 0) is 56.1 Å². The van der Waals surface area contributed by atoms with Crippen LogP contribution in [0.15, 0.2) is 28.5 Å². The van der Waals surface area contributed by atoms with Crippen molar-refractivity contribution in [2.45, 2.75) is 24.7 Å². The highest BCUT2D eigenvalue weighted by atomic mass is 32.3. The Morgan fingerprint density at radius 3 is 2.52 bits per heavy atom. The maximum Gasteiger partial charge on any atom is 0.441 e. The molecule has 2 saturated heterocycles. The van der Waals surface area contributed by atoms with E-state index >= 15 is 0 Å². The number of likely N-dealkylation sites (tertiary alicyclic amines) is 1. The summed E-state index contributed by atoms with van der Waals surface area (Å²) in [6.07, 6.45) is 1.94. The Bertz CT molecular complexity index is 818. The summed E-state index contributed by atoms with van der Waals surface area (Å²) in [4.78, 5) is 26.4. The van der Waals surface area contributed by atoms with Crippen molar-refractivity contribution in [3.05, 3.63) is 34.7 Å². The molecule has 6 nitrogen and oxygen atoms in total. The predicted octanol–water partition coefficient (Wildman–Crippen LogP) is 2.74. The number of piperidine rings is 1. The van der Waals surface area contributed by atoms with Crippen LogP contribution in [-0.4, -0.2) is 36.5 Å². The molecule has 3 heterocycles. The number of hydrogen-bond acceptors (Lipinski definition) is 6. The van der Waals surface area contributed by atoms with Gasteiger partial charge in [-0.3, -0.25) is 0 Å². The van der Waals surface area contributed by atoms with E-state index in [1.165, 1.54) is 0 Å². The standard InChI is InChI=1S/C18H18N2O4S/c1-2-20-8-6-12(7-9-20)14-11-25(23-17(21)18(22)24-25)15-5-3-4-13(10-19)16(14)15/h3-5,11-12H,2,6-9H2,1H3. The third kappa shape index (κ3) is 2.44. The second-order valence-corrected chi connectivity index (χ2v) is 8.46. The lowest BCUT2D eigenvalue weighted by Crippen LogP contribution is -2.33. The quantitative estimate of drug-likeness (QED) is 0.756. The number of rotatable bonds is 2. The van der Waals surface area contributed by atoms with Crippen LogP contribution in [0.25, 0.3) is 5.57 Å². The molecule has 0 amide bonds. The Kier molecular flexibility index (Phi) is 3.82. The smallest absolute Gasteiger partial charge is 0.325 e. The monoisotopic (exact) mass is 358 g/mol. The van der Waals surface area contributed by atoms with Crippen molar-refractivity contribution >= 4 is 28.1 Å². The molecule has 0 atom stereocenters. The fourth-order valence-electron chi connectivity index (χ4n) is 3.76. The number of fused-ring (bicyclic) bond motifs is 2. The molecular weight excluding hydrogens is 340 g/mol. The van der Waals surface area contributed by atoms with Crippen molar-refractivity contribution in [2.75, 3.05) is 19.6 Å². The van der Waals surface area contributed by atoms with Crippen LogP contribution in [0.4, 0.5) is 0 Å². The van der Waals surface area contributed by atoms with Gasteiger partial charge >= 0.3 is 11.9 Å². The summed E-state index contributed by atoms with van der Waals surface area (Å²) in [5.74, 6) is -1.65. The maximum atomic E-state index is 11.7. The minimum absolute atomic E-state index is 0.265. The number of allylic oxidation sites excluding steroid dienone is 1. The third-order valence-corrected chi connectivity index (χ3v) is 7.38. The molecule has 1 aromatic carbocycles. The Morgan fingerprint density at radius 1 is 1.24 bits per heavy atom. The second kappa shape index (κ2) is 5.90. The summed E-state index contributed by atoms with van der Waals surface area (Å²) in [7, 11) is -2.56. The van der Waals surface area contributed by atoms with Gasteiger partial charge < -0.3 is 13.3 Å². The van der Waals surface area contributed by atoms with Gasteiger partial charge in [0.25, 0.3) is 0 Å². The van der Waals surface area contributed by atoms with Crippen LogP contribution in [0, 0.1) is 17.2 Å². The molecule has 0 unspecified atom stereocenters. The van der Waals surface area contributed by atoms with Gasteiger partial charge in [-0.2, -0.15) is 5.26 Å². The highest BCUT2D eigenvalue weighted by Crippen LogP contribution is 2.70. The van der Waals surface area contributed by atoms with Crippen molar-refractivity contribution in [1.82, 2.24) is 4.90 Å². The molecule has 25 heavy (non-hydrogen) atoms. The Balaban J connectivity index is 1.79. The molecular formula is C18H18N2O4S. The van der Waals surface area contributed by atoms with E-state index in [0.29, 0.717) is 10.5 Å². The lowest BCUT2D eigenvalue weighted by atomic mass is 9.84. The van der Waals surface area contributed by atoms with Crippen LogP contribution in [0.2, 0.25) is 0 Å². The average Bonchev–Trinajstić information content (AvgIpc) is 3.11. The molecule has 1 aromatic rings. The first-order chi connectivity index (χ1) is 12.1. The topological polar surface area (TPSA) is 79.6 Å². The van der Waals surface area contributed by atoms with E-state index in [4.69, 9.17) is 8.37 Å². The minimum Gasteiger partial charge on any atom is -0.325 e. The molecule has 7 heteroatoms. The van der Waals surface area contributed by atoms with E-state index in [0.717, 1.165) is 43.6 Å². The van der Waals surface area contributed by atoms with Crippen molar-refractivity contribution in [3.63, 3.8) is 0 Å². The zero-order chi connectivity index (χ0) is 17.6. The first-order valence-corrected chi connectivity index (χ1v) is 9.90. The molecule has 4 rings (SSSR count). The molecule has 0 saturated carbocycles. The number of hydrogen-bond donors (Lipinski definition) is 0. The van der Waals surface area contributed by atoms with Crippen molar-refractivity contribution < 1.29 is 18.0 Å². The fraction of sp³-hybridized carbons (Fsp3) is 0.389. The SMILES string of the molecule is CCN1CCC(C2=CS3(OC(=O)C(=O)O3)c3cccc(C#N)c32)CC1. The number of carbonyl (C=O) groups is 2. The molecule has 1 spiro atoms. The minimum atomic E-state index is -2.56. The molecule has 0 aromatic heterocycles. The van der Waals surface area contributed by atoms with E-state index in [1.807, 2.05) is 5.41 Å². The lowest BCUT2D eigenvalue weighted by molar-refractivity contribution is -0.150. The highest BCUT2D eigenvalue weighted by molar-refractivity contribution is 8.29. The zero-order valence-electron chi connectivity index (χ0n) is 13.9. The zero-order valence-corrected chi connectivity index (χ0v) is 14.7. The van der Waals surface area contributed by atoms with Gasteiger partial charge in [0, 0.05) is 5.56 Å². The molecule has 2 fully saturated rings. The molecule has 0 radical (unpaired) electrons. The third-order valence-electron chi connectivity index (χ3n) is 5.06. The number of nitrogens with zero attached hydrogens (tertiary/aromatic N) is 2. The molecule has 0 bridgehead atoms. The van der Waals surface area contributed by atoms with Crippen molar-refractivity contribution in [2.24, 2.45) is 5.92 Å². The molecule has 3 aliphatic rings. The van der Waals surface area contributed by atoms with E-state index in [9.17, 15) is 14.9 Å². The summed E-state index contributed by atoms with van der Waals surface area (Å²) in [6, 6.07) is 7.51. The number of carbonyl (C=O) groups excluding carboxylic acids is 2. The Morgan fingerprint density at radius 2 is 1.92 bits per heavy atom. The summed E-state index contributed by atoms with van der Waals surface area (Å²) >= 11 is 0. The van der Waals surface area contributed by atoms with E-state index in [-0.39, 0.29) is 5.92 Å². The average molecular weight is 358 g/mol.